The fourth-order valence-electron chi connectivity index (χ4n) is 2.35. The highest BCUT2D eigenvalue weighted by Crippen LogP contribution is 2.21. The van der Waals surface area contributed by atoms with Gasteiger partial charge >= 0.3 is 0 Å². The number of rotatable bonds is 4. The lowest BCUT2D eigenvalue weighted by Crippen LogP contribution is -2.13. The zero-order valence-electron chi connectivity index (χ0n) is 12.9. The molecule has 1 N–H and O–H groups in total. The van der Waals surface area contributed by atoms with Crippen molar-refractivity contribution < 1.29 is 4.79 Å². The first-order valence-corrected chi connectivity index (χ1v) is 8.69. The molecule has 0 saturated heterocycles. The highest BCUT2D eigenvalue weighted by atomic mass is 127. The van der Waals surface area contributed by atoms with E-state index in [-0.39, 0.29) is 5.91 Å². The van der Waals surface area contributed by atoms with Crippen LogP contribution in [0.4, 0.5) is 5.69 Å². The lowest BCUT2D eigenvalue weighted by molar-refractivity contribution is -0.111. The molecule has 24 heavy (non-hydrogen) atoms. The molecule has 0 bridgehead atoms. The van der Waals surface area contributed by atoms with Crippen molar-refractivity contribution in [2.75, 3.05) is 5.32 Å². The van der Waals surface area contributed by atoms with E-state index in [2.05, 4.69) is 27.9 Å². The minimum absolute atomic E-state index is 0.119. The van der Waals surface area contributed by atoms with Crippen molar-refractivity contribution in [1.82, 2.24) is 0 Å². The Morgan fingerprint density at radius 2 is 1.38 bits per heavy atom. The molecule has 2 nitrogen and oxygen atoms in total. The third-order valence-electron chi connectivity index (χ3n) is 3.54. The van der Waals surface area contributed by atoms with Crippen molar-refractivity contribution in [2.24, 2.45) is 0 Å². The van der Waals surface area contributed by atoms with Gasteiger partial charge in [-0.1, -0.05) is 60.7 Å². The molecular weight excluding hydrogens is 409 g/mol. The Balaban J connectivity index is 1.94. The maximum atomic E-state index is 12.8. The van der Waals surface area contributed by atoms with Crippen molar-refractivity contribution in [1.29, 1.82) is 0 Å². The zero-order valence-corrected chi connectivity index (χ0v) is 15.1. The smallest absolute Gasteiger partial charge is 0.256 e. The number of amides is 1. The molecule has 0 aromatic heterocycles. The molecule has 3 aromatic carbocycles. The number of anilines is 1. The summed E-state index contributed by atoms with van der Waals surface area (Å²) in [7, 11) is 0. The van der Waals surface area contributed by atoms with E-state index in [1.165, 1.54) is 0 Å². The number of carbonyl (C=O) groups is 1. The van der Waals surface area contributed by atoms with Gasteiger partial charge in [-0.05, 0) is 64.1 Å². The molecule has 0 aliphatic rings. The van der Waals surface area contributed by atoms with Gasteiger partial charge in [0.1, 0.15) is 0 Å². The van der Waals surface area contributed by atoms with Crippen LogP contribution in [-0.4, -0.2) is 5.91 Å². The molecule has 0 aliphatic heterocycles. The van der Waals surface area contributed by atoms with Crippen LogP contribution in [0.2, 0.25) is 0 Å². The average Bonchev–Trinajstić information content (AvgIpc) is 2.63. The van der Waals surface area contributed by atoms with Gasteiger partial charge in [-0.15, -0.1) is 0 Å². The van der Waals surface area contributed by atoms with Crippen LogP contribution in [-0.2, 0) is 4.79 Å². The largest absolute Gasteiger partial charge is 0.322 e. The lowest BCUT2D eigenvalue weighted by atomic mass is 10.0. The molecular formula is C21H16INO. The first-order chi connectivity index (χ1) is 11.7. The molecule has 0 saturated carbocycles. The average molecular weight is 425 g/mol. The van der Waals surface area contributed by atoms with E-state index in [4.69, 9.17) is 0 Å². The number of carbonyl (C=O) groups excluding carboxylic acids is 1. The Morgan fingerprint density at radius 3 is 2.00 bits per heavy atom. The SMILES string of the molecule is O=C(Nc1ccc(I)cc1)C(=Cc1ccccc1)c1ccccc1. The molecule has 3 aromatic rings. The number of nitrogens with one attached hydrogen (secondary N) is 1. The van der Waals surface area contributed by atoms with Crippen molar-refractivity contribution in [3.8, 4) is 0 Å². The molecule has 0 unspecified atom stereocenters. The van der Waals surface area contributed by atoms with E-state index in [0.29, 0.717) is 5.57 Å². The number of hydrogen-bond acceptors (Lipinski definition) is 1. The predicted molar refractivity (Wildman–Crippen MR) is 109 cm³/mol. The monoisotopic (exact) mass is 425 g/mol. The highest BCUT2D eigenvalue weighted by molar-refractivity contribution is 14.1. The van der Waals surface area contributed by atoms with Gasteiger partial charge in [0.05, 0.1) is 0 Å². The summed E-state index contributed by atoms with van der Waals surface area (Å²) in [6.45, 7) is 0. The summed E-state index contributed by atoms with van der Waals surface area (Å²) in [6, 6.07) is 27.3. The first-order valence-electron chi connectivity index (χ1n) is 7.61. The van der Waals surface area contributed by atoms with Crippen LogP contribution in [0.15, 0.2) is 84.9 Å². The van der Waals surface area contributed by atoms with Gasteiger partial charge in [-0.3, -0.25) is 4.79 Å². The van der Waals surface area contributed by atoms with Crippen molar-refractivity contribution in [3.05, 3.63) is 99.6 Å². The van der Waals surface area contributed by atoms with E-state index in [9.17, 15) is 4.79 Å². The molecule has 0 radical (unpaired) electrons. The van der Waals surface area contributed by atoms with Crippen LogP contribution < -0.4 is 5.32 Å². The summed E-state index contributed by atoms with van der Waals surface area (Å²) in [5.74, 6) is -0.119. The number of hydrogen-bond donors (Lipinski definition) is 1. The molecule has 0 atom stereocenters. The summed E-state index contributed by atoms with van der Waals surface area (Å²) >= 11 is 2.24. The first kappa shape index (κ1) is 16.5. The Morgan fingerprint density at radius 1 is 0.792 bits per heavy atom. The van der Waals surface area contributed by atoms with Gasteiger partial charge in [0.2, 0.25) is 0 Å². The second kappa shape index (κ2) is 7.93. The fraction of sp³-hybridized carbons (Fsp3) is 0. The summed E-state index contributed by atoms with van der Waals surface area (Å²) in [4.78, 5) is 12.8. The van der Waals surface area contributed by atoms with E-state index >= 15 is 0 Å². The summed E-state index contributed by atoms with van der Waals surface area (Å²) < 4.78 is 1.13. The third-order valence-corrected chi connectivity index (χ3v) is 4.26. The lowest BCUT2D eigenvalue weighted by Gasteiger charge is -2.10. The van der Waals surface area contributed by atoms with E-state index in [1.807, 2.05) is 91.0 Å². The van der Waals surface area contributed by atoms with Gasteiger partial charge < -0.3 is 5.32 Å². The molecule has 0 spiro atoms. The second-order valence-electron chi connectivity index (χ2n) is 5.30. The molecule has 118 valence electrons. The highest BCUT2D eigenvalue weighted by Gasteiger charge is 2.12. The maximum Gasteiger partial charge on any atom is 0.256 e. The van der Waals surface area contributed by atoms with Gasteiger partial charge in [0.15, 0.2) is 0 Å². The normalized spacial score (nSPS) is 11.1. The van der Waals surface area contributed by atoms with Crippen molar-refractivity contribution in [2.45, 2.75) is 0 Å². The minimum Gasteiger partial charge on any atom is -0.322 e. The van der Waals surface area contributed by atoms with Crippen LogP contribution >= 0.6 is 22.6 Å². The standard InChI is InChI=1S/C21H16INO/c22-18-11-13-19(14-12-18)23-21(24)20(17-9-5-2-6-10-17)15-16-7-3-1-4-8-16/h1-15H,(H,23,24). The van der Waals surface area contributed by atoms with Gasteiger partial charge in [-0.25, -0.2) is 0 Å². The third kappa shape index (κ3) is 4.32. The Labute approximate surface area is 155 Å². The van der Waals surface area contributed by atoms with Gasteiger partial charge in [0.25, 0.3) is 5.91 Å². The molecule has 3 heteroatoms. The number of benzene rings is 3. The quantitative estimate of drug-likeness (QED) is 0.335. The number of halogens is 1. The minimum atomic E-state index is -0.119. The maximum absolute atomic E-state index is 12.8. The van der Waals surface area contributed by atoms with Gasteiger partial charge in [0, 0.05) is 14.8 Å². The van der Waals surface area contributed by atoms with Gasteiger partial charge in [-0.2, -0.15) is 0 Å². The van der Waals surface area contributed by atoms with E-state index in [0.717, 1.165) is 20.4 Å². The van der Waals surface area contributed by atoms with E-state index in [1.54, 1.807) is 0 Å². The fourth-order valence-corrected chi connectivity index (χ4v) is 2.70. The van der Waals surface area contributed by atoms with E-state index < -0.39 is 0 Å². The van der Waals surface area contributed by atoms with Crippen LogP contribution in [0.3, 0.4) is 0 Å². The zero-order chi connectivity index (χ0) is 16.8. The molecule has 0 heterocycles. The molecule has 3 rings (SSSR count). The van der Waals surface area contributed by atoms with Crippen LogP contribution in [0.1, 0.15) is 11.1 Å². The topological polar surface area (TPSA) is 29.1 Å². The van der Waals surface area contributed by atoms with Crippen LogP contribution in [0.5, 0.6) is 0 Å². The van der Waals surface area contributed by atoms with Crippen LogP contribution in [0, 0.1) is 3.57 Å². The molecule has 1 amide bonds. The Bertz CT molecular complexity index is 840. The predicted octanol–water partition coefficient (Wildman–Crippen LogP) is 5.47. The van der Waals surface area contributed by atoms with Crippen molar-refractivity contribution >= 4 is 45.8 Å². The van der Waals surface area contributed by atoms with Crippen molar-refractivity contribution in [3.63, 3.8) is 0 Å². The second-order valence-corrected chi connectivity index (χ2v) is 6.54. The summed E-state index contributed by atoms with van der Waals surface area (Å²) in [5, 5.41) is 2.98. The van der Waals surface area contributed by atoms with Crippen LogP contribution in [0.25, 0.3) is 11.6 Å². The summed E-state index contributed by atoms with van der Waals surface area (Å²) in [6.07, 6.45) is 1.91. The molecule has 0 aliphatic carbocycles. The Kier molecular flexibility index (Phi) is 5.43. The Hall–Kier alpha value is -2.40. The summed E-state index contributed by atoms with van der Waals surface area (Å²) in [5.41, 5.74) is 3.31. The molecule has 0 fully saturated rings.